The fourth-order valence-corrected chi connectivity index (χ4v) is 1.81. The number of esters is 1. The minimum Gasteiger partial charge on any atom is -0.464 e. The quantitative estimate of drug-likeness (QED) is 0.541. The van der Waals surface area contributed by atoms with Gasteiger partial charge in [-0.1, -0.05) is 26.7 Å². The third-order valence-corrected chi connectivity index (χ3v) is 2.61. The van der Waals surface area contributed by atoms with Crippen molar-refractivity contribution < 1.29 is 23.5 Å². The average molecular weight is 237 g/mol. The van der Waals surface area contributed by atoms with Crippen LogP contribution in [0.15, 0.2) is 0 Å². The molecule has 6 heteroatoms. The minimum atomic E-state index is -2.78. The summed E-state index contributed by atoms with van der Waals surface area (Å²) in [5.74, 6) is -0.654. The van der Waals surface area contributed by atoms with Gasteiger partial charge in [0.2, 0.25) is 6.10 Å². The fraction of sp³-hybridized carbons (Fsp3) is 0.889. The molecule has 5 nitrogen and oxygen atoms in total. The molecule has 0 rings (SSSR count). The molecular weight excluding hydrogens is 219 g/mol. The highest BCUT2D eigenvalue weighted by atomic mass is 31.1. The van der Waals surface area contributed by atoms with Crippen molar-refractivity contribution in [2.45, 2.75) is 39.7 Å². The van der Waals surface area contributed by atoms with E-state index in [0.717, 1.165) is 0 Å². The van der Waals surface area contributed by atoms with Gasteiger partial charge in [0.05, 0.1) is 6.61 Å². The summed E-state index contributed by atoms with van der Waals surface area (Å²) >= 11 is 0. The second kappa shape index (κ2) is 7.74. The summed E-state index contributed by atoms with van der Waals surface area (Å²) in [6.07, 6.45) is 0.459. The van der Waals surface area contributed by atoms with Crippen LogP contribution >= 0.6 is 8.25 Å². The normalized spacial score (nSPS) is 13.8. The lowest BCUT2D eigenvalue weighted by atomic mass is 9.97. The maximum atomic E-state index is 11.5. The molecule has 0 amide bonds. The number of carbonyl (C=O) groups is 1. The van der Waals surface area contributed by atoms with Crippen molar-refractivity contribution in [2.75, 3.05) is 6.61 Å². The summed E-state index contributed by atoms with van der Waals surface area (Å²) in [5, 5.41) is 0. The molecule has 0 fully saturated rings. The van der Waals surface area contributed by atoms with E-state index in [0.29, 0.717) is 12.8 Å². The van der Waals surface area contributed by atoms with Crippen molar-refractivity contribution in [3.8, 4) is 0 Å². The summed E-state index contributed by atoms with van der Waals surface area (Å²) in [4.78, 5) is 20.1. The van der Waals surface area contributed by atoms with Crippen LogP contribution in [0.3, 0.4) is 0 Å². The first-order valence-electron chi connectivity index (χ1n) is 5.06. The van der Waals surface area contributed by atoms with Gasteiger partial charge in [-0.15, -0.1) is 9.42 Å². The standard InChI is InChI=1S/C9H17O5P/c1-4-7(5-2)8(14-15(11)12)9(10)13-6-3/h7-8H,4-6H2,1-3H3/p+1. The van der Waals surface area contributed by atoms with E-state index < -0.39 is 20.3 Å². The molecule has 0 radical (unpaired) electrons. The molecule has 2 unspecified atom stereocenters. The Labute approximate surface area is 90.7 Å². The summed E-state index contributed by atoms with van der Waals surface area (Å²) in [5.41, 5.74) is 0. The molecule has 0 heterocycles. The lowest BCUT2D eigenvalue weighted by molar-refractivity contribution is -0.154. The second-order valence-electron chi connectivity index (χ2n) is 3.09. The third-order valence-electron chi connectivity index (χ3n) is 2.20. The zero-order valence-electron chi connectivity index (χ0n) is 9.30. The van der Waals surface area contributed by atoms with Crippen LogP contribution < -0.4 is 0 Å². The van der Waals surface area contributed by atoms with E-state index in [1.54, 1.807) is 6.92 Å². The molecular formula is C9H18O5P+. The van der Waals surface area contributed by atoms with Gasteiger partial charge in [0.15, 0.2) is 0 Å². The van der Waals surface area contributed by atoms with Crippen molar-refractivity contribution in [1.82, 2.24) is 0 Å². The van der Waals surface area contributed by atoms with Crippen LogP contribution in [-0.4, -0.2) is 23.6 Å². The molecule has 1 N–H and O–H groups in total. The first kappa shape index (κ1) is 14.5. The van der Waals surface area contributed by atoms with Crippen LogP contribution in [0.2, 0.25) is 0 Å². The summed E-state index contributed by atoms with van der Waals surface area (Å²) in [6, 6.07) is 0. The molecule has 0 aromatic carbocycles. The van der Waals surface area contributed by atoms with Gasteiger partial charge in [0, 0.05) is 10.5 Å². The molecule has 0 aromatic rings. The lowest BCUT2D eigenvalue weighted by Crippen LogP contribution is -2.32. The smallest absolute Gasteiger partial charge is 0.464 e. The molecule has 0 saturated heterocycles. The zero-order valence-corrected chi connectivity index (χ0v) is 10.2. The van der Waals surface area contributed by atoms with Gasteiger partial charge in [-0.2, -0.15) is 0 Å². The maximum Gasteiger partial charge on any atom is 0.695 e. The van der Waals surface area contributed by atoms with Gasteiger partial charge >= 0.3 is 14.2 Å². The topological polar surface area (TPSA) is 72.8 Å². The molecule has 2 atom stereocenters. The Morgan fingerprint density at radius 3 is 2.20 bits per heavy atom. The van der Waals surface area contributed by atoms with Crippen LogP contribution in [0.4, 0.5) is 0 Å². The molecule has 0 aliphatic heterocycles. The highest BCUT2D eigenvalue weighted by Crippen LogP contribution is 2.27. The Bertz CT molecular complexity index is 215. The Morgan fingerprint density at radius 2 is 1.87 bits per heavy atom. The molecule has 88 valence electrons. The van der Waals surface area contributed by atoms with E-state index in [-0.39, 0.29) is 12.5 Å². The molecule has 0 saturated carbocycles. The number of hydrogen-bond donors (Lipinski definition) is 1. The number of ether oxygens (including phenoxy) is 1. The highest BCUT2D eigenvalue weighted by molar-refractivity contribution is 7.32. The van der Waals surface area contributed by atoms with Gasteiger partial charge in [-0.05, 0) is 6.92 Å². The van der Waals surface area contributed by atoms with Gasteiger partial charge in [0.1, 0.15) is 0 Å². The highest BCUT2D eigenvalue weighted by Gasteiger charge is 2.36. The van der Waals surface area contributed by atoms with E-state index in [9.17, 15) is 9.36 Å². The second-order valence-corrected chi connectivity index (χ2v) is 3.78. The number of carbonyl (C=O) groups excluding carboxylic acids is 1. The van der Waals surface area contributed by atoms with Crippen molar-refractivity contribution in [1.29, 1.82) is 0 Å². The van der Waals surface area contributed by atoms with Crippen LogP contribution in [-0.2, 0) is 18.6 Å². The van der Waals surface area contributed by atoms with Crippen LogP contribution in [0.25, 0.3) is 0 Å². The van der Waals surface area contributed by atoms with E-state index in [1.165, 1.54) is 0 Å². The van der Waals surface area contributed by atoms with Crippen molar-refractivity contribution in [3.63, 3.8) is 0 Å². The van der Waals surface area contributed by atoms with Crippen molar-refractivity contribution in [2.24, 2.45) is 5.92 Å². The molecule has 0 aliphatic carbocycles. The molecule has 15 heavy (non-hydrogen) atoms. The van der Waals surface area contributed by atoms with Gasteiger partial charge < -0.3 is 4.74 Å². The fourth-order valence-electron chi connectivity index (χ4n) is 1.36. The SMILES string of the molecule is CCOC(=O)C(O[P+](=O)O)C(CC)CC. The van der Waals surface area contributed by atoms with E-state index in [2.05, 4.69) is 0 Å². The minimum absolute atomic E-state index is 0.0878. The van der Waals surface area contributed by atoms with Crippen molar-refractivity contribution in [3.05, 3.63) is 0 Å². The van der Waals surface area contributed by atoms with E-state index in [1.807, 2.05) is 13.8 Å². The molecule has 0 spiro atoms. The Balaban J connectivity index is 4.54. The molecule has 0 aliphatic rings. The van der Waals surface area contributed by atoms with Crippen LogP contribution in [0.5, 0.6) is 0 Å². The molecule has 0 aromatic heterocycles. The van der Waals surface area contributed by atoms with Gasteiger partial charge in [-0.25, -0.2) is 4.79 Å². The third kappa shape index (κ3) is 5.21. The monoisotopic (exact) mass is 237 g/mol. The Morgan fingerprint density at radius 1 is 1.33 bits per heavy atom. The number of hydrogen-bond acceptors (Lipinski definition) is 4. The van der Waals surface area contributed by atoms with E-state index in [4.69, 9.17) is 14.2 Å². The average Bonchev–Trinajstić information content (AvgIpc) is 2.18. The maximum absolute atomic E-state index is 11.5. The summed E-state index contributed by atoms with van der Waals surface area (Å²) in [6.45, 7) is 5.71. The summed E-state index contributed by atoms with van der Waals surface area (Å²) < 4.78 is 20.1. The predicted molar refractivity (Wildman–Crippen MR) is 55.4 cm³/mol. The van der Waals surface area contributed by atoms with Crippen LogP contribution in [0.1, 0.15) is 33.6 Å². The van der Waals surface area contributed by atoms with Crippen molar-refractivity contribution >= 4 is 14.2 Å². The first-order chi connectivity index (χ1) is 7.06. The van der Waals surface area contributed by atoms with Gasteiger partial charge in [-0.3, -0.25) is 0 Å². The largest absolute Gasteiger partial charge is 0.695 e. The Hall–Kier alpha value is -0.510. The lowest BCUT2D eigenvalue weighted by Gasteiger charge is -2.17. The van der Waals surface area contributed by atoms with Gasteiger partial charge in [0.25, 0.3) is 0 Å². The molecule has 0 bridgehead atoms. The first-order valence-corrected chi connectivity index (χ1v) is 6.19. The van der Waals surface area contributed by atoms with Crippen LogP contribution in [0, 0.1) is 5.92 Å². The number of rotatable bonds is 7. The Kier molecular flexibility index (Phi) is 7.48. The summed E-state index contributed by atoms with van der Waals surface area (Å²) in [7, 11) is -2.78. The van der Waals surface area contributed by atoms with E-state index >= 15 is 0 Å². The predicted octanol–water partition coefficient (Wildman–Crippen LogP) is 2.02. The zero-order chi connectivity index (χ0) is 11.8.